The molecule has 0 saturated heterocycles. The van der Waals surface area contributed by atoms with E-state index in [0.29, 0.717) is 17.5 Å². The van der Waals surface area contributed by atoms with Crippen molar-refractivity contribution in [2.75, 3.05) is 0 Å². The van der Waals surface area contributed by atoms with Crippen LogP contribution in [0.2, 0.25) is 0 Å². The molecule has 6 aromatic carbocycles. The molecule has 1 aliphatic rings. The highest BCUT2D eigenvalue weighted by atomic mass is 16.3. The van der Waals surface area contributed by atoms with E-state index in [9.17, 15) is 0 Å². The molecule has 0 amide bonds. The fourth-order valence-corrected chi connectivity index (χ4v) is 7.93. The van der Waals surface area contributed by atoms with Crippen LogP contribution in [0.15, 0.2) is 138 Å². The van der Waals surface area contributed by atoms with Crippen LogP contribution in [-0.2, 0) is 10.8 Å². The molecule has 4 nitrogen and oxygen atoms in total. The van der Waals surface area contributed by atoms with Crippen molar-refractivity contribution in [3.8, 4) is 56.4 Å². The van der Waals surface area contributed by atoms with Crippen molar-refractivity contribution in [3.05, 3.63) is 150 Å². The van der Waals surface area contributed by atoms with E-state index in [4.69, 9.17) is 19.4 Å². The summed E-state index contributed by atoms with van der Waals surface area (Å²) in [4.78, 5) is 15.3. The Morgan fingerprint density at radius 3 is 1.71 bits per heavy atom. The molecule has 0 atom stereocenters. The van der Waals surface area contributed by atoms with Gasteiger partial charge in [-0.15, -0.1) is 0 Å². The van der Waals surface area contributed by atoms with E-state index in [1.54, 1.807) is 0 Å². The maximum Gasteiger partial charge on any atom is 0.164 e. The van der Waals surface area contributed by atoms with E-state index in [0.717, 1.165) is 49.8 Å². The molecule has 0 spiro atoms. The Hall–Kier alpha value is -5.87. The largest absolute Gasteiger partial charge is 0.456 e. The molecule has 8 aromatic rings. The number of benzene rings is 6. The van der Waals surface area contributed by atoms with Crippen molar-refractivity contribution >= 4 is 21.9 Å². The third-order valence-corrected chi connectivity index (χ3v) is 11.2. The Morgan fingerprint density at radius 2 is 0.981 bits per heavy atom. The quantitative estimate of drug-likeness (QED) is 0.182. The van der Waals surface area contributed by atoms with Crippen LogP contribution in [0.25, 0.3) is 78.4 Å². The molecular formula is C48H41N3O. The third-order valence-electron chi connectivity index (χ3n) is 11.2. The van der Waals surface area contributed by atoms with Gasteiger partial charge in [-0.2, -0.15) is 0 Å². The Balaban J connectivity index is 1.15. The first-order valence-electron chi connectivity index (χ1n) is 18.2. The number of rotatable bonds is 5. The van der Waals surface area contributed by atoms with Gasteiger partial charge in [-0.25, -0.2) is 15.0 Å². The molecule has 254 valence electrons. The second-order valence-corrected chi connectivity index (χ2v) is 15.6. The van der Waals surface area contributed by atoms with Crippen LogP contribution < -0.4 is 0 Å². The minimum absolute atomic E-state index is 0.147. The van der Waals surface area contributed by atoms with Gasteiger partial charge in [0.1, 0.15) is 11.2 Å². The number of hydrogen-bond acceptors (Lipinski definition) is 4. The highest BCUT2D eigenvalue weighted by molar-refractivity contribution is 6.05. The predicted molar refractivity (Wildman–Crippen MR) is 214 cm³/mol. The summed E-state index contributed by atoms with van der Waals surface area (Å²) < 4.78 is 6.26. The fraction of sp³-hybridized carbons (Fsp3) is 0.188. The minimum Gasteiger partial charge on any atom is -0.456 e. The minimum atomic E-state index is 0.147. The Kier molecular flexibility index (Phi) is 7.48. The summed E-state index contributed by atoms with van der Waals surface area (Å²) in [7, 11) is 0. The van der Waals surface area contributed by atoms with E-state index >= 15 is 0 Å². The topological polar surface area (TPSA) is 51.8 Å². The lowest BCUT2D eigenvalue weighted by atomic mass is 9.62. The normalized spacial score (nSPS) is 14.8. The van der Waals surface area contributed by atoms with Gasteiger partial charge < -0.3 is 4.42 Å². The van der Waals surface area contributed by atoms with Crippen LogP contribution in [0, 0.1) is 6.92 Å². The van der Waals surface area contributed by atoms with Crippen LogP contribution in [0.4, 0.5) is 0 Å². The molecule has 0 saturated carbocycles. The number of nitrogens with zero attached hydrogens (tertiary/aromatic N) is 3. The molecule has 2 aromatic heterocycles. The monoisotopic (exact) mass is 675 g/mol. The van der Waals surface area contributed by atoms with Crippen molar-refractivity contribution in [3.63, 3.8) is 0 Å². The summed E-state index contributed by atoms with van der Waals surface area (Å²) in [6.07, 6.45) is 2.40. The molecule has 0 unspecified atom stereocenters. The van der Waals surface area contributed by atoms with Gasteiger partial charge in [-0.05, 0) is 93.8 Å². The number of aryl methyl sites for hydroxylation is 1. The van der Waals surface area contributed by atoms with Gasteiger partial charge >= 0.3 is 0 Å². The van der Waals surface area contributed by atoms with Gasteiger partial charge in [-0.1, -0.05) is 137 Å². The zero-order valence-electron chi connectivity index (χ0n) is 30.4. The number of para-hydroxylation sites is 1. The lowest BCUT2D eigenvalue weighted by Crippen LogP contribution is -2.34. The summed E-state index contributed by atoms with van der Waals surface area (Å²) in [5.74, 6) is 1.86. The molecule has 2 heterocycles. The van der Waals surface area contributed by atoms with Gasteiger partial charge in [0, 0.05) is 27.5 Å². The third kappa shape index (κ3) is 5.59. The fourth-order valence-electron chi connectivity index (χ4n) is 7.93. The standard InChI is InChI=1S/C48H41N3O/c1-30-26-40-41(48(4,5)25-24-47(40,2)3)29-39(30)32-18-20-33(21-19-32)44-49-45(35-15-11-14-34(27-35)31-12-7-6-8-13-31)51-46(50-44)36-22-23-38-37-16-9-10-17-42(37)52-43(38)28-36/h6-23,26-29H,24-25H2,1-5H3. The molecule has 9 rings (SSSR count). The van der Waals surface area contributed by atoms with Gasteiger partial charge in [-0.3, -0.25) is 0 Å². The SMILES string of the molecule is Cc1cc2c(cc1-c1ccc(-c3nc(-c4cccc(-c5ccccc5)c4)nc(-c4ccc5c(c4)oc4ccccc45)n3)cc1)C(C)(C)CCC2(C)C. The number of hydrogen-bond donors (Lipinski definition) is 0. The maximum absolute atomic E-state index is 6.26. The Morgan fingerprint density at radius 1 is 0.442 bits per heavy atom. The first kappa shape index (κ1) is 32.1. The molecule has 4 heteroatoms. The molecular weight excluding hydrogens is 635 g/mol. The van der Waals surface area contributed by atoms with E-state index in [-0.39, 0.29) is 10.8 Å². The summed E-state index contributed by atoms with van der Waals surface area (Å²) in [5, 5.41) is 2.17. The van der Waals surface area contributed by atoms with Gasteiger partial charge in [0.25, 0.3) is 0 Å². The van der Waals surface area contributed by atoms with Crippen LogP contribution in [0.3, 0.4) is 0 Å². The molecule has 52 heavy (non-hydrogen) atoms. The molecule has 0 radical (unpaired) electrons. The second-order valence-electron chi connectivity index (χ2n) is 15.6. The number of aromatic nitrogens is 3. The zero-order chi connectivity index (χ0) is 35.6. The van der Waals surface area contributed by atoms with Crippen molar-refractivity contribution < 1.29 is 4.42 Å². The average molecular weight is 676 g/mol. The highest BCUT2D eigenvalue weighted by Crippen LogP contribution is 2.48. The first-order valence-corrected chi connectivity index (χ1v) is 18.2. The van der Waals surface area contributed by atoms with Crippen molar-refractivity contribution in [2.24, 2.45) is 0 Å². The van der Waals surface area contributed by atoms with E-state index < -0.39 is 0 Å². The van der Waals surface area contributed by atoms with E-state index in [2.05, 4.69) is 138 Å². The van der Waals surface area contributed by atoms with Crippen LogP contribution >= 0.6 is 0 Å². The number of fused-ring (bicyclic) bond motifs is 4. The smallest absolute Gasteiger partial charge is 0.164 e. The number of furan rings is 1. The first-order chi connectivity index (χ1) is 25.1. The lowest BCUT2D eigenvalue weighted by Gasteiger charge is -2.42. The molecule has 0 fully saturated rings. The molecule has 0 bridgehead atoms. The predicted octanol–water partition coefficient (Wildman–Crippen LogP) is 12.8. The van der Waals surface area contributed by atoms with Crippen molar-refractivity contribution in [1.82, 2.24) is 15.0 Å². The lowest BCUT2D eigenvalue weighted by molar-refractivity contribution is 0.332. The second kappa shape index (κ2) is 12.1. The molecule has 0 N–H and O–H groups in total. The van der Waals surface area contributed by atoms with Crippen LogP contribution in [-0.4, -0.2) is 15.0 Å². The van der Waals surface area contributed by atoms with Gasteiger partial charge in [0.05, 0.1) is 0 Å². The highest BCUT2D eigenvalue weighted by Gasteiger charge is 2.37. The van der Waals surface area contributed by atoms with Crippen molar-refractivity contribution in [2.45, 2.75) is 58.3 Å². The summed E-state index contributed by atoms with van der Waals surface area (Å²) in [5.41, 5.74) is 13.8. The zero-order valence-corrected chi connectivity index (χ0v) is 30.4. The Bertz CT molecular complexity index is 2630. The van der Waals surface area contributed by atoms with Crippen molar-refractivity contribution in [1.29, 1.82) is 0 Å². The van der Waals surface area contributed by atoms with Gasteiger partial charge in [0.15, 0.2) is 17.5 Å². The summed E-state index contributed by atoms with van der Waals surface area (Å²) >= 11 is 0. The van der Waals surface area contributed by atoms with Gasteiger partial charge in [0.2, 0.25) is 0 Å². The van der Waals surface area contributed by atoms with Crippen LogP contribution in [0.1, 0.15) is 57.2 Å². The molecule has 0 aliphatic heterocycles. The average Bonchev–Trinajstić information content (AvgIpc) is 3.55. The van der Waals surface area contributed by atoms with E-state index in [1.165, 1.54) is 40.7 Å². The summed E-state index contributed by atoms with van der Waals surface area (Å²) in [6.45, 7) is 11.8. The van der Waals surface area contributed by atoms with E-state index in [1.807, 2.05) is 30.3 Å². The Labute approximate surface area is 305 Å². The maximum atomic E-state index is 6.26. The van der Waals surface area contributed by atoms with Crippen LogP contribution in [0.5, 0.6) is 0 Å². The summed E-state index contributed by atoms with van der Waals surface area (Å²) in [6, 6.07) is 46.8. The molecule has 1 aliphatic carbocycles.